The molecule has 2 N–H and O–H groups in total. The maximum Gasteiger partial charge on any atom is 0.228 e. The van der Waals surface area contributed by atoms with Crippen LogP contribution in [0.4, 0.5) is 5.82 Å². The van der Waals surface area contributed by atoms with Gasteiger partial charge in [-0.25, -0.2) is 9.97 Å². The molecule has 0 aliphatic heterocycles. The second-order valence-electron chi connectivity index (χ2n) is 7.57. The van der Waals surface area contributed by atoms with E-state index in [0.717, 1.165) is 30.0 Å². The lowest BCUT2D eigenvalue weighted by Gasteiger charge is -2.28. The van der Waals surface area contributed by atoms with Gasteiger partial charge in [-0.1, -0.05) is 6.42 Å². The lowest BCUT2D eigenvalue weighted by Crippen LogP contribution is -2.40. The number of aromatic nitrogens is 3. The maximum absolute atomic E-state index is 12.8. The van der Waals surface area contributed by atoms with Crippen molar-refractivity contribution < 1.29 is 9.59 Å². The highest BCUT2D eigenvalue weighted by Gasteiger charge is 2.28. The van der Waals surface area contributed by atoms with Gasteiger partial charge < -0.3 is 15.2 Å². The van der Waals surface area contributed by atoms with E-state index in [0.29, 0.717) is 23.8 Å². The molecule has 152 valence electrons. The van der Waals surface area contributed by atoms with Crippen LogP contribution in [0.3, 0.4) is 0 Å². The summed E-state index contributed by atoms with van der Waals surface area (Å²) in [5.74, 6) is 0.709. The van der Waals surface area contributed by atoms with Crippen molar-refractivity contribution >= 4 is 28.4 Å². The van der Waals surface area contributed by atoms with E-state index in [2.05, 4.69) is 26.7 Å². The summed E-state index contributed by atoms with van der Waals surface area (Å²) < 4.78 is 1.83. The van der Waals surface area contributed by atoms with Crippen molar-refractivity contribution in [2.45, 2.75) is 38.6 Å². The van der Waals surface area contributed by atoms with Crippen LogP contribution in [-0.4, -0.2) is 32.4 Å². The van der Waals surface area contributed by atoms with Gasteiger partial charge in [-0.15, -0.1) is 0 Å². The largest absolute Gasteiger partial charge is 0.354 e. The first-order valence-corrected chi connectivity index (χ1v) is 9.95. The van der Waals surface area contributed by atoms with Crippen LogP contribution >= 0.6 is 0 Å². The molecule has 0 aromatic carbocycles. The third-order valence-corrected chi connectivity index (χ3v) is 5.36. The third-order valence-electron chi connectivity index (χ3n) is 5.36. The van der Waals surface area contributed by atoms with Gasteiger partial charge in [0.15, 0.2) is 0 Å². The first kappa shape index (κ1) is 19.6. The molecule has 0 bridgehead atoms. The van der Waals surface area contributed by atoms with Crippen LogP contribution in [0.5, 0.6) is 0 Å². The van der Waals surface area contributed by atoms with Crippen LogP contribution < -0.4 is 10.6 Å². The van der Waals surface area contributed by atoms with Crippen LogP contribution in [0, 0.1) is 17.2 Å². The molecular weight excluding hydrogens is 380 g/mol. The van der Waals surface area contributed by atoms with Gasteiger partial charge in [-0.05, 0) is 43.5 Å². The number of rotatable bonds is 4. The monoisotopic (exact) mass is 402 g/mol. The van der Waals surface area contributed by atoms with Crippen LogP contribution in [0.1, 0.15) is 38.3 Å². The highest BCUT2D eigenvalue weighted by Crippen LogP contribution is 2.27. The molecule has 1 aliphatic rings. The van der Waals surface area contributed by atoms with Gasteiger partial charge in [-0.3, -0.25) is 9.59 Å². The van der Waals surface area contributed by atoms with Gasteiger partial charge in [-0.2, -0.15) is 5.26 Å². The van der Waals surface area contributed by atoms with Gasteiger partial charge >= 0.3 is 0 Å². The van der Waals surface area contributed by atoms with Crippen molar-refractivity contribution in [2.75, 3.05) is 5.32 Å². The molecule has 3 heterocycles. The third kappa shape index (κ3) is 4.15. The molecular formula is C22H22N6O2. The quantitative estimate of drug-likeness (QED) is 0.697. The Morgan fingerprint density at radius 1 is 1.23 bits per heavy atom. The average molecular weight is 402 g/mol. The molecule has 30 heavy (non-hydrogen) atoms. The average Bonchev–Trinajstić information content (AvgIpc) is 3.27. The van der Waals surface area contributed by atoms with E-state index in [1.54, 1.807) is 18.3 Å². The zero-order valence-electron chi connectivity index (χ0n) is 16.6. The van der Waals surface area contributed by atoms with Crippen molar-refractivity contribution in [3.8, 4) is 11.9 Å². The Hall–Kier alpha value is -3.73. The first-order chi connectivity index (χ1) is 14.5. The molecule has 1 saturated carbocycles. The van der Waals surface area contributed by atoms with Gasteiger partial charge in [0.2, 0.25) is 11.8 Å². The molecule has 0 unspecified atom stereocenters. The Labute approximate surface area is 173 Å². The number of carbonyl (C=O) groups is 2. The Kier molecular flexibility index (Phi) is 5.44. The highest BCUT2D eigenvalue weighted by molar-refractivity contribution is 5.96. The van der Waals surface area contributed by atoms with E-state index >= 15 is 0 Å². The summed E-state index contributed by atoms with van der Waals surface area (Å²) in [4.78, 5) is 32.9. The van der Waals surface area contributed by atoms with Crippen LogP contribution in [0.25, 0.3) is 16.6 Å². The second-order valence-corrected chi connectivity index (χ2v) is 7.57. The topological polar surface area (TPSA) is 113 Å². The first-order valence-electron chi connectivity index (χ1n) is 9.95. The molecule has 8 heteroatoms. The van der Waals surface area contributed by atoms with Crippen LogP contribution in [0.2, 0.25) is 0 Å². The van der Waals surface area contributed by atoms with Crippen LogP contribution in [0.15, 0.2) is 42.9 Å². The smallest absolute Gasteiger partial charge is 0.228 e. The number of hydrogen-bond donors (Lipinski definition) is 2. The second kappa shape index (κ2) is 8.33. The number of amides is 2. The molecule has 0 radical (unpaired) electrons. The van der Waals surface area contributed by atoms with Gasteiger partial charge in [0.25, 0.3) is 0 Å². The Morgan fingerprint density at radius 2 is 2.03 bits per heavy atom. The lowest BCUT2D eigenvalue weighted by molar-refractivity contribution is -0.123. The number of nitrogens with one attached hydrogen (secondary N) is 2. The van der Waals surface area contributed by atoms with Crippen molar-refractivity contribution in [3.05, 3.63) is 48.5 Å². The van der Waals surface area contributed by atoms with Crippen molar-refractivity contribution in [2.24, 2.45) is 5.92 Å². The van der Waals surface area contributed by atoms with E-state index in [1.807, 2.05) is 29.1 Å². The van der Waals surface area contributed by atoms with Crippen molar-refractivity contribution in [3.63, 3.8) is 0 Å². The Morgan fingerprint density at radius 3 is 2.77 bits per heavy atom. The molecule has 1 fully saturated rings. The highest BCUT2D eigenvalue weighted by atomic mass is 16.2. The summed E-state index contributed by atoms with van der Waals surface area (Å²) in [6, 6.07) is 9.33. The van der Waals surface area contributed by atoms with Gasteiger partial charge in [0.1, 0.15) is 23.4 Å². The fraction of sp³-hybridized carbons (Fsp3) is 0.318. The summed E-state index contributed by atoms with van der Waals surface area (Å²) in [7, 11) is 0. The zero-order valence-corrected chi connectivity index (χ0v) is 16.6. The summed E-state index contributed by atoms with van der Waals surface area (Å²) in [5.41, 5.74) is 0.302. The lowest BCUT2D eigenvalue weighted by atomic mass is 9.85. The molecule has 4 rings (SSSR count). The summed E-state index contributed by atoms with van der Waals surface area (Å²) >= 11 is 0. The van der Waals surface area contributed by atoms with Crippen molar-refractivity contribution in [1.29, 1.82) is 5.26 Å². The van der Waals surface area contributed by atoms with E-state index in [-0.39, 0.29) is 23.8 Å². The number of anilines is 1. The molecule has 0 spiro atoms. The predicted octanol–water partition coefficient (Wildman–Crippen LogP) is 2.93. The van der Waals surface area contributed by atoms with E-state index in [1.165, 1.54) is 6.92 Å². The fourth-order valence-electron chi connectivity index (χ4n) is 4.00. The number of nitrogens with zero attached hydrogens (tertiary/aromatic N) is 4. The van der Waals surface area contributed by atoms with Crippen molar-refractivity contribution in [1.82, 2.24) is 19.9 Å². The number of nitriles is 1. The van der Waals surface area contributed by atoms with Crippen LogP contribution in [-0.2, 0) is 9.59 Å². The number of pyridine rings is 2. The number of carbonyl (C=O) groups excluding carboxylic acids is 2. The molecule has 8 nitrogen and oxygen atoms in total. The van der Waals surface area contributed by atoms with E-state index in [4.69, 9.17) is 0 Å². The molecule has 2 atom stereocenters. The summed E-state index contributed by atoms with van der Waals surface area (Å²) in [6.45, 7) is 1.50. The van der Waals surface area contributed by atoms with E-state index in [9.17, 15) is 14.9 Å². The Balaban J connectivity index is 1.59. The number of hydrogen-bond acceptors (Lipinski definition) is 5. The minimum Gasteiger partial charge on any atom is -0.354 e. The van der Waals surface area contributed by atoms with Gasteiger partial charge in [0.05, 0.1) is 0 Å². The molecule has 1 aliphatic carbocycles. The summed E-state index contributed by atoms with van der Waals surface area (Å²) in [5, 5.41) is 16.7. The molecule has 2 amide bonds. The zero-order chi connectivity index (χ0) is 21.1. The summed E-state index contributed by atoms with van der Waals surface area (Å²) in [6.07, 6.45) is 8.55. The maximum atomic E-state index is 12.8. The SMILES string of the molecule is CC(=O)N[C@@H]1CCC[C@H](C(=O)Nc2cc3c(-n4cccc4)nc(C#N)cc3cn2)C1. The molecule has 3 aromatic heterocycles. The fourth-order valence-corrected chi connectivity index (χ4v) is 4.00. The van der Waals surface area contributed by atoms with E-state index < -0.39 is 0 Å². The number of fused-ring (bicyclic) bond motifs is 1. The standard InChI is InChI=1S/C22H22N6O2/c1-14(29)25-17-6-4-5-15(9-17)22(30)27-20-11-19-16(13-24-20)10-18(12-23)26-21(19)28-7-2-3-8-28/h2-3,7-8,10-11,13,15,17H,4-6,9H2,1H3,(H,25,29)(H,24,27,30)/t15-,17+/m0/s1. The minimum atomic E-state index is -0.170. The predicted molar refractivity (Wildman–Crippen MR) is 112 cm³/mol. The molecule has 3 aromatic rings. The normalized spacial score (nSPS) is 18.5. The molecule has 0 saturated heterocycles. The Bertz CT molecular complexity index is 1130. The minimum absolute atomic E-state index is 0.0329. The van der Waals surface area contributed by atoms with Gasteiger partial charge in [0, 0.05) is 48.2 Å².